The third-order valence-electron chi connectivity index (χ3n) is 4.47. The van der Waals surface area contributed by atoms with E-state index in [1.54, 1.807) is 18.2 Å². The Kier molecular flexibility index (Phi) is 11.1. The van der Waals surface area contributed by atoms with Gasteiger partial charge in [-0.2, -0.15) is 0 Å². The van der Waals surface area contributed by atoms with E-state index in [2.05, 4.69) is 68.8 Å². The van der Waals surface area contributed by atoms with Crippen molar-refractivity contribution < 1.29 is 19.1 Å². The van der Waals surface area contributed by atoms with Crippen LogP contribution in [0, 0.1) is 0 Å². The van der Waals surface area contributed by atoms with Gasteiger partial charge in [-0.1, -0.05) is 49.2 Å². The van der Waals surface area contributed by atoms with Gasteiger partial charge in [0.1, 0.15) is 11.5 Å². The molecule has 0 atom stereocenters. The summed E-state index contributed by atoms with van der Waals surface area (Å²) in [4.78, 5) is 24.7. The normalized spacial score (nSPS) is 10.5. The second-order valence-electron chi connectivity index (χ2n) is 7.43. The Morgan fingerprint density at radius 2 is 1.76 bits per heavy atom. The fourth-order valence-corrected chi connectivity index (χ4v) is 3.65. The number of hydrogen-bond donors (Lipinski definition) is 3. The molecule has 0 saturated heterocycles. The number of thiocarbonyl (C=S) groups is 1. The molecule has 2 rings (SSSR count). The van der Waals surface area contributed by atoms with Gasteiger partial charge in [-0.25, -0.2) is 0 Å². The minimum Gasteiger partial charge on any atom is -0.493 e. The molecule has 0 fully saturated rings. The average molecular weight is 601 g/mol. The van der Waals surface area contributed by atoms with Crippen LogP contribution in [-0.2, 0) is 4.79 Å². The van der Waals surface area contributed by atoms with Crippen molar-refractivity contribution in [1.82, 2.24) is 16.2 Å². The fraction of sp³-hybridized carbons (Fsp3) is 0.348. The maximum absolute atomic E-state index is 12.6. The molecule has 0 saturated carbocycles. The molecule has 0 aliphatic heterocycles. The summed E-state index contributed by atoms with van der Waals surface area (Å²) < 4.78 is 12.7. The summed E-state index contributed by atoms with van der Waals surface area (Å²) in [6.45, 7) is 6.53. The molecule has 0 heterocycles. The van der Waals surface area contributed by atoms with Crippen molar-refractivity contribution in [3.63, 3.8) is 0 Å². The second kappa shape index (κ2) is 13.5. The summed E-state index contributed by atoms with van der Waals surface area (Å²) in [5.41, 5.74) is 6.39. The lowest BCUT2D eigenvalue weighted by Gasteiger charge is -2.14. The summed E-state index contributed by atoms with van der Waals surface area (Å²) in [6.07, 6.45) is 1.86. The molecule has 33 heavy (non-hydrogen) atoms. The SMILES string of the molecule is CCCCOc1ccc(Br)cc1C(=O)NC(=S)NNC(=O)COc1ccc(C(C)C)cc1Br. The third kappa shape index (κ3) is 8.94. The quantitative estimate of drug-likeness (QED) is 0.208. The highest BCUT2D eigenvalue weighted by atomic mass is 79.9. The highest BCUT2D eigenvalue weighted by Crippen LogP contribution is 2.28. The third-order valence-corrected chi connectivity index (χ3v) is 5.78. The summed E-state index contributed by atoms with van der Waals surface area (Å²) in [5.74, 6) is 0.474. The first-order valence-electron chi connectivity index (χ1n) is 10.5. The monoisotopic (exact) mass is 599 g/mol. The number of ether oxygens (including phenoxy) is 2. The van der Waals surface area contributed by atoms with Gasteiger partial charge in [0.25, 0.3) is 11.8 Å². The molecule has 2 aromatic rings. The Bertz CT molecular complexity index is 1000. The number of benzene rings is 2. The van der Waals surface area contributed by atoms with Gasteiger partial charge in [-0.15, -0.1) is 0 Å². The van der Waals surface area contributed by atoms with E-state index in [1.807, 2.05) is 18.2 Å². The Balaban J connectivity index is 1.84. The van der Waals surface area contributed by atoms with Gasteiger partial charge in [0.15, 0.2) is 11.7 Å². The molecular weight excluding hydrogens is 574 g/mol. The largest absolute Gasteiger partial charge is 0.493 e. The van der Waals surface area contributed by atoms with E-state index in [0.717, 1.165) is 27.4 Å². The van der Waals surface area contributed by atoms with Crippen molar-refractivity contribution in [1.29, 1.82) is 0 Å². The van der Waals surface area contributed by atoms with Gasteiger partial charge in [0.05, 0.1) is 16.6 Å². The molecule has 0 aliphatic carbocycles. The number of carbonyl (C=O) groups is 2. The number of amides is 2. The molecule has 178 valence electrons. The van der Waals surface area contributed by atoms with Gasteiger partial charge in [0, 0.05) is 4.47 Å². The van der Waals surface area contributed by atoms with Crippen LogP contribution in [0.4, 0.5) is 0 Å². The zero-order valence-electron chi connectivity index (χ0n) is 18.7. The number of rotatable bonds is 9. The van der Waals surface area contributed by atoms with Crippen LogP contribution in [0.15, 0.2) is 45.3 Å². The van der Waals surface area contributed by atoms with Crippen molar-refractivity contribution in [3.8, 4) is 11.5 Å². The lowest BCUT2D eigenvalue weighted by molar-refractivity contribution is -0.123. The van der Waals surface area contributed by atoms with E-state index >= 15 is 0 Å². The molecule has 0 bridgehead atoms. The molecule has 0 aliphatic rings. The zero-order chi connectivity index (χ0) is 24.4. The van der Waals surface area contributed by atoms with Gasteiger partial charge in [-0.3, -0.25) is 25.8 Å². The molecule has 0 radical (unpaired) electrons. The molecule has 7 nitrogen and oxygen atoms in total. The van der Waals surface area contributed by atoms with Gasteiger partial charge >= 0.3 is 0 Å². The second-order valence-corrected chi connectivity index (χ2v) is 9.61. The lowest BCUT2D eigenvalue weighted by atomic mass is 10.0. The van der Waals surface area contributed by atoms with Gasteiger partial charge < -0.3 is 9.47 Å². The number of nitrogens with one attached hydrogen (secondary N) is 3. The average Bonchev–Trinajstić information content (AvgIpc) is 2.77. The van der Waals surface area contributed by atoms with Crippen LogP contribution in [0.1, 0.15) is 55.5 Å². The number of halogens is 2. The standard InChI is InChI=1S/C23H27Br2N3O4S/c1-4-5-10-31-19-9-7-16(24)12-17(19)22(30)26-23(33)28-27-21(29)13-32-20-8-6-15(14(2)3)11-18(20)25/h6-9,11-12,14H,4-5,10,13H2,1-3H3,(H,27,29)(H2,26,28,30,33). The van der Waals surface area contributed by atoms with E-state index < -0.39 is 11.8 Å². The Morgan fingerprint density at radius 3 is 2.42 bits per heavy atom. The van der Waals surface area contributed by atoms with Crippen LogP contribution in [-0.4, -0.2) is 30.1 Å². The summed E-state index contributed by atoms with van der Waals surface area (Å²) in [6, 6.07) is 10.9. The maximum atomic E-state index is 12.6. The molecular formula is C23H27Br2N3O4S. The molecule has 0 spiro atoms. The number of unbranched alkanes of at least 4 members (excludes halogenated alkanes) is 1. The lowest BCUT2D eigenvalue weighted by Crippen LogP contribution is -2.49. The summed E-state index contributed by atoms with van der Waals surface area (Å²) >= 11 is 11.9. The van der Waals surface area contributed by atoms with Gasteiger partial charge in [-0.05, 0) is 76.4 Å². The number of hydrogen-bond acceptors (Lipinski definition) is 5. The Morgan fingerprint density at radius 1 is 1.03 bits per heavy atom. The van der Waals surface area contributed by atoms with Crippen molar-refractivity contribution in [2.75, 3.05) is 13.2 Å². The molecule has 2 amide bonds. The zero-order valence-corrected chi connectivity index (χ0v) is 22.7. The van der Waals surface area contributed by atoms with Crippen molar-refractivity contribution in [3.05, 3.63) is 56.5 Å². The highest BCUT2D eigenvalue weighted by molar-refractivity contribution is 9.10. The molecule has 0 aromatic heterocycles. The Labute approximate surface area is 216 Å². The predicted octanol–water partition coefficient (Wildman–Crippen LogP) is 5.23. The van der Waals surface area contributed by atoms with Crippen LogP contribution in [0.5, 0.6) is 11.5 Å². The molecule has 2 aromatic carbocycles. The minimum absolute atomic E-state index is 0.0599. The Hall–Kier alpha value is -2.17. The summed E-state index contributed by atoms with van der Waals surface area (Å²) in [5, 5.41) is 2.47. The topological polar surface area (TPSA) is 88.7 Å². The number of carbonyl (C=O) groups excluding carboxylic acids is 2. The molecule has 0 unspecified atom stereocenters. The first-order valence-corrected chi connectivity index (χ1v) is 12.5. The van der Waals surface area contributed by atoms with Crippen LogP contribution in [0.2, 0.25) is 0 Å². The van der Waals surface area contributed by atoms with Crippen molar-refractivity contribution >= 4 is 61.0 Å². The van der Waals surface area contributed by atoms with Gasteiger partial charge in [0.2, 0.25) is 0 Å². The smallest absolute Gasteiger partial charge is 0.276 e. The van der Waals surface area contributed by atoms with E-state index in [4.69, 9.17) is 21.7 Å². The molecule has 10 heteroatoms. The maximum Gasteiger partial charge on any atom is 0.276 e. The van der Waals surface area contributed by atoms with E-state index in [0.29, 0.717) is 29.6 Å². The van der Waals surface area contributed by atoms with E-state index in [1.165, 1.54) is 0 Å². The van der Waals surface area contributed by atoms with E-state index in [9.17, 15) is 9.59 Å². The summed E-state index contributed by atoms with van der Waals surface area (Å²) in [7, 11) is 0. The van der Waals surface area contributed by atoms with Crippen LogP contribution >= 0.6 is 44.1 Å². The van der Waals surface area contributed by atoms with Crippen molar-refractivity contribution in [2.45, 2.75) is 39.5 Å². The predicted molar refractivity (Wildman–Crippen MR) is 140 cm³/mol. The van der Waals surface area contributed by atoms with Crippen LogP contribution in [0.3, 0.4) is 0 Å². The number of hydrazine groups is 1. The van der Waals surface area contributed by atoms with E-state index in [-0.39, 0.29) is 11.7 Å². The molecule has 3 N–H and O–H groups in total. The van der Waals surface area contributed by atoms with Crippen LogP contribution in [0.25, 0.3) is 0 Å². The van der Waals surface area contributed by atoms with Crippen LogP contribution < -0.4 is 25.6 Å². The highest BCUT2D eigenvalue weighted by Gasteiger charge is 2.15. The first kappa shape index (κ1) is 27.1. The first-order chi connectivity index (χ1) is 15.7. The minimum atomic E-state index is -0.461. The van der Waals surface area contributed by atoms with Crippen molar-refractivity contribution in [2.24, 2.45) is 0 Å². The fourth-order valence-electron chi connectivity index (χ4n) is 2.63.